The fourth-order valence-electron chi connectivity index (χ4n) is 4.04. The lowest BCUT2D eigenvalue weighted by Gasteiger charge is -2.15. The molecule has 0 radical (unpaired) electrons. The van der Waals surface area contributed by atoms with Gasteiger partial charge in [0.1, 0.15) is 10.6 Å². The fourth-order valence-corrected chi connectivity index (χ4v) is 5.02. The predicted octanol–water partition coefficient (Wildman–Crippen LogP) is 6.54. The SMILES string of the molecule is Cc1ccc(NC2=C(Sc3cccc(NC(=O)c4ccccc4)c3)C(=O)N(c3ccccc3)C2=O)cc1C. The van der Waals surface area contributed by atoms with Crippen molar-refractivity contribution < 1.29 is 14.4 Å². The summed E-state index contributed by atoms with van der Waals surface area (Å²) in [7, 11) is 0. The Morgan fingerprint density at radius 1 is 0.711 bits per heavy atom. The van der Waals surface area contributed by atoms with Gasteiger partial charge >= 0.3 is 0 Å². The van der Waals surface area contributed by atoms with Gasteiger partial charge in [0.15, 0.2) is 0 Å². The number of hydrogen-bond donors (Lipinski definition) is 2. The van der Waals surface area contributed by atoms with E-state index in [4.69, 9.17) is 0 Å². The second kappa shape index (κ2) is 10.8. The van der Waals surface area contributed by atoms with Crippen molar-refractivity contribution in [1.82, 2.24) is 0 Å². The lowest BCUT2D eigenvalue weighted by molar-refractivity contribution is -0.120. The largest absolute Gasteiger partial charge is 0.350 e. The molecule has 0 aliphatic carbocycles. The van der Waals surface area contributed by atoms with Crippen molar-refractivity contribution in [2.24, 2.45) is 0 Å². The molecule has 0 saturated carbocycles. The van der Waals surface area contributed by atoms with Gasteiger partial charge in [-0.15, -0.1) is 0 Å². The summed E-state index contributed by atoms with van der Waals surface area (Å²) >= 11 is 1.19. The maximum atomic E-state index is 13.6. The Labute approximate surface area is 225 Å². The summed E-state index contributed by atoms with van der Waals surface area (Å²) < 4.78 is 0. The van der Waals surface area contributed by atoms with Gasteiger partial charge in [0.2, 0.25) is 0 Å². The van der Waals surface area contributed by atoms with Crippen molar-refractivity contribution in [1.29, 1.82) is 0 Å². The number of nitrogens with one attached hydrogen (secondary N) is 2. The van der Waals surface area contributed by atoms with E-state index in [0.717, 1.165) is 16.8 Å². The molecule has 0 fully saturated rings. The summed E-state index contributed by atoms with van der Waals surface area (Å²) in [5.41, 5.74) is 4.78. The summed E-state index contributed by atoms with van der Waals surface area (Å²) in [6.07, 6.45) is 0. The molecule has 2 N–H and O–H groups in total. The molecular weight excluding hydrogens is 494 g/mol. The van der Waals surface area contributed by atoms with Crippen molar-refractivity contribution in [3.63, 3.8) is 0 Å². The fraction of sp³-hybridized carbons (Fsp3) is 0.0645. The molecule has 1 heterocycles. The third-order valence-electron chi connectivity index (χ3n) is 6.18. The van der Waals surface area contributed by atoms with E-state index in [9.17, 15) is 14.4 Å². The van der Waals surface area contributed by atoms with E-state index < -0.39 is 11.8 Å². The van der Waals surface area contributed by atoms with Crippen LogP contribution < -0.4 is 15.5 Å². The first-order valence-corrected chi connectivity index (χ1v) is 12.9. The number of hydrogen-bond acceptors (Lipinski definition) is 5. The van der Waals surface area contributed by atoms with Gasteiger partial charge in [-0.2, -0.15) is 0 Å². The zero-order chi connectivity index (χ0) is 26.6. The number of carbonyl (C=O) groups excluding carboxylic acids is 3. The van der Waals surface area contributed by atoms with Crippen LogP contribution in [0.25, 0.3) is 0 Å². The second-order valence-electron chi connectivity index (χ2n) is 8.86. The standard InChI is InChI=1S/C31H25N3O3S/c1-20-16-17-24(18-21(20)2)32-27-28(31(37)34(30(27)36)25-13-7-4-8-14-25)38-26-15-9-12-23(19-26)33-29(35)22-10-5-3-6-11-22/h3-19,32H,1-2H3,(H,33,35). The first-order valence-electron chi connectivity index (χ1n) is 12.1. The van der Waals surface area contributed by atoms with Crippen molar-refractivity contribution in [2.75, 3.05) is 15.5 Å². The van der Waals surface area contributed by atoms with Gasteiger partial charge in [-0.1, -0.05) is 60.3 Å². The normalized spacial score (nSPS) is 13.2. The van der Waals surface area contributed by atoms with Gasteiger partial charge < -0.3 is 10.6 Å². The predicted molar refractivity (Wildman–Crippen MR) is 152 cm³/mol. The molecule has 188 valence electrons. The molecule has 0 atom stereocenters. The summed E-state index contributed by atoms with van der Waals surface area (Å²) in [4.78, 5) is 42.0. The molecule has 1 aliphatic rings. The van der Waals surface area contributed by atoms with Crippen LogP contribution in [0.1, 0.15) is 21.5 Å². The summed E-state index contributed by atoms with van der Waals surface area (Å²) in [6.45, 7) is 4.02. The monoisotopic (exact) mass is 519 g/mol. The molecule has 0 bridgehead atoms. The van der Waals surface area contributed by atoms with Crippen LogP contribution in [0.3, 0.4) is 0 Å². The highest BCUT2D eigenvalue weighted by atomic mass is 32.2. The molecule has 4 aromatic rings. The molecule has 38 heavy (non-hydrogen) atoms. The van der Waals surface area contributed by atoms with Crippen LogP contribution in [0.2, 0.25) is 0 Å². The minimum atomic E-state index is -0.421. The smallest absolute Gasteiger partial charge is 0.283 e. The first-order chi connectivity index (χ1) is 18.4. The molecule has 0 spiro atoms. The highest BCUT2D eigenvalue weighted by Gasteiger charge is 2.40. The third-order valence-corrected chi connectivity index (χ3v) is 7.25. The summed E-state index contributed by atoms with van der Waals surface area (Å²) in [5.74, 6) is -1.06. The Bertz CT molecular complexity index is 1570. The van der Waals surface area contributed by atoms with Gasteiger partial charge in [-0.3, -0.25) is 14.4 Å². The van der Waals surface area contributed by atoms with Crippen molar-refractivity contribution in [2.45, 2.75) is 18.7 Å². The van der Waals surface area contributed by atoms with E-state index in [1.165, 1.54) is 16.7 Å². The van der Waals surface area contributed by atoms with Gasteiger partial charge in [0.05, 0.1) is 5.69 Å². The van der Waals surface area contributed by atoms with Crippen molar-refractivity contribution in [3.05, 3.63) is 130 Å². The number of aryl methyl sites for hydroxylation is 2. The average Bonchev–Trinajstić information content (AvgIpc) is 3.15. The maximum absolute atomic E-state index is 13.6. The van der Waals surface area contributed by atoms with Crippen LogP contribution in [0, 0.1) is 13.8 Å². The highest BCUT2D eigenvalue weighted by Crippen LogP contribution is 2.38. The quantitative estimate of drug-likeness (QED) is 0.271. The molecule has 4 aromatic carbocycles. The number of carbonyl (C=O) groups is 3. The number of amides is 3. The summed E-state index contributed by atoms with van der Waals surface area (Å²) in [5, 5.41) is 6.10. The molecule has 0 saturated heterocycles. The molecule has 5 rings (SSSR count). The summed E-state index contributed by atoms with van der Waals surface area (Å²) in [6, 6.07) is 30.8. The Morgan fingerprint density at radius 2 is 1.42 bits per heavy atom. The number of imide groups is 1. The Morgan fingerprint density at radius 3 is 2.13 bits per heavy atom. The zero-order valence-electron chi connectivity index (χ0n) is 20.9. The van der Waals surface area contributed by atoms with E-state index in [1.54, 1.807) is 66.7 Å². The number of anilines is 3. The number of thioether (sulfide) groups is 1. The average molecular weight is 520 g/mol. The Hall–Kier alpha value is -4.62. The van der Waals surface area contributed by atoms with Crippen LogP contribution in [0.5, 0.6) is 0 Å². The number of para-hydroxylation sites is 1. The maximum Gasteiger partial charge on any atom is 0.283 e. The number of nitrogens with zero attached hydrogens (tertiary/aromatic N) is 1. The zero-order valence-corrected chi connectivity index (χ0v) is 21.7. The Balaban J connectivity index is 1.47. The molecule has 0 aromatic heterocycles. The molecule has 0 unspecified atom stereocenters. The van der Waals surface area contributed by atoms with E-state index in [-0.39, 0.29) is 16.5 Å². The van der Waals surface area contributed by atoms with E-state index in [0.29, 0.717) is 21.8 Å². The molecule has 1 aliphatic heterocycles. The van der Waals surface area contributed by atoms with Crippen molar-refractivity contribution >= 4 is 46.5 Å². The van der Waals surface area contributed by atoms with Crippen LogP contribution >= 0.6 is 11.8 Å². The minimum Gasteiger partial charge on any atom is -0.350 e. The third kappa shape index (κ3) is 5.23. The number of rotatable bonds is 7. The van der Waals surface area contributed by atoms with E-state index in [1.807, 2.05) is 50.2 Å². The molecule has 7 heteroatoms. The molecule has 6 nitrogen and oxygen atoms in total. The lowest BCUT2D eigenvalue weighted by atomic mass is 10.1. The topological polar surface area (TPSA) is 78.5 Å². The lowest BCUT2D eigenvalue weighted by Crippen LogP contribution is -2.32. The Kier molecular flexibility index (Phi) is 7.11. The first kappa shape index (κ1) is 25.0. The van der Waals surface area contributed by atoms with Crippen LogP contribution in [-0.4, -0.2) is 17.7 Å². The van der Waals surface area contributed by atoms with Crippen LogP contribution in [0.15, 0.2) is 119 Å². The van der Waals surface area contributed by atoms with Crippen molar-refractivity contribution in [3.8, 4) is 0 Å². The molecular formula is C31H25N3O3S. The van der Waals surface area contributed by atoms with E-state index >= 15 is 0 Å². The number of benzene rings is 4. The molecule has 3 amide bonds. The second-order valence-corrected chi connectivity index (χ2v) is 9.94. The van der Waals surface area contributed by atoms with Gasteiger partial charge in [0, 0.05) is 21.8 Å². The van der Waals surface area contributed by atoms with Crippen LogP contribution in [0.4, 0.5) is 17.1 Å². The van der Waals surface area contributed by atoms with Crippen LogP contribution in [-0.2, 0) is 9.59 Å². The van der Waals surface area contributed by atoms with Gasteiger partial charge in [-0.25, -0.2) is 4.90 Å². The van der Waals surface area contributed by atoms with E-state index in [2.05, 4.69) is 10.6 Å². The minimum absolute atomic E-state index is 0.214. The highest BCUT2D eigenvalue weighted by molar-refractivity contribution is 8.04. The van der Waals surface area contributed by atoms with Gasteiger partial charge in [-0.05, 0) is 79.6 Å². The van der Waals surface area contributed by atoms with Gasteiger partial charge in [0.25, 0.3) is 17.7 Å².